The first-order chi connectivity index (χ1) is 9.65. The summed E-state index contributed by atoms with van der Waals surface area (Å²) in [6.07, 6.45) is 0. The minimum absolute atomic E-state index is 0.139. The summed E-state index contributed by atoms with van der Waals surface area (Å²) in [5.41, 5.74) is 3.36. The summed E-state index contributed by atoms with van der Waals surface area (Å²) in [6, 6.07) is 7.85. The summed E-state index contributed by atoms with van der Waals surface area (Å²) >= 11 is 0. The van der Waals surface area contributed by atoms with Crippen molar-refractivity contribution in [2.75, 3.05) is 38.2 Å². The molecule has 6 nitrogen and oxygen atoms in total. The lowest BCUT2D eigenvalue weighted by Gasteiger charge is -2.38. The van der Waals surface area contributed by atoms with Gasteiger partial charge in [0, 0.05) is 37.9 Å². The van der Waals surface area contributed by atoms with E-state index < -0.39 is 0 Å². The van der Waals surface area contributed by atoms with E-state index in [-0.39, 0.29) is 11.9 Å². The molecule has 1 aliphatic heterocycles. The number of anilines is 1. The van der Waals surface area contributed by atoms with Gasteiger partial charge in [0.1, 0.15) is 5.75 Å². The van der Waals surface area contributed by atoms with Gasteiger partial charge in [0.05, 0.1) is 13.2 Å². The number of piperazine rings is 1. The van der Waals surface area contributed by atoms with E-state index in [2.05, 4.69) is 21.3 Å². The molecule has 1 unspecified atom stereocenters. The SMILES string of the molecule is COc1cccc(N2CCN(C(C)C(=O)NN)CC2)c1. The largest absolute Gasteiger partial charge is 0.497 e. The summed E-state index contributed by atoms with van der Waals surface area (Å²) in [5.74, 6) is 5.90. The zero-order chi connectivity index (χ0) is 14.5. The van der Waals surface area contributed by atoms with Gasteiger partial charge in [-0.1, -0.05) is 6.07 Å². The van der Waals surface area contributed by atoms with Crippen molar-refractivity contribution in [3.8, 4) is 5.75 Å². The predicted molar refractivity (Wildman–Crippen MR) is 78.6 cm³/mol. The van der Waals surface area contributed by atoms with Crippen molar-refractivity contribution in [3.05, 3.63) is 24.3 Å². The summed E-state index contributed by atoms with van der Waals surface area (Å²) in [4.78, 5) is 16.0. The van der Waals surface area contributed by atoms with Crippen molar-refractivity contribution in [3.63, 3.8) is 0 Å². The van der Waals surface area contributed by atoms with Crippen LogP contribution in [0, 0.1) is 0 Å². The Kier molecular flexibility index (Phi) is 4.81. The van der Waals surface area contributed by atoms with Gasteiger partial charge in [-0.2, -0.15) is 0 Å². The maximum absolute atomic E-state index is 11.5. The molecule has 0 bridgehead atoms. The van der Waals surface area contributed by atoms with Crippen LogP contribution in [-0.2, 0) is 4.79 Å². The molecule has 1 heterocycles. The number of hydrogen-bond acceptors (Lipinski definition) is 5. The van der Waals surface area contributed by atoms with Crippen LogP contribution in [0.4, 0.5) is 5.69 Å². The van der Waals surface area contributed by atoms with Gasteiger partial charge in [-0.05, 0) is 19.1 Å². The molecule has 1 atom stereocenters. The number of carbonyl (C=O) groups excluding carboxylic acids is 1. The van der Waals surface area contributed by atoms with Crippen molar-refractivity contribution in [1.82, 2.24) is 10.3 Å². The Morgan fingerprint density at radius 2 is 2.05 bits per heavy atom. The Hall–Kier alpha value is -1.79. The number of carbonyl (C=O) groups is 1. The smallest absolute Gasteiger partial charge is 0.250 e. The van der Waals surface area contributed by atoms with E-state index in [1.807, 2.05) is 25.1 Å². The lowest BCUT2D eigenvalue weighted by molar-refractivity contribution is -0.126. The normalized spacial score (nSPS) is 17.6. The summed E-state index contributed by atoms with van der Waals surface area (Å²) < 4.78 is 5.25. The van der Waals surface area contributed by atoms with Gasteiger partial charge in [0.15, 0.2) is 0 Å². The fourth-order valence-electron chi connectivity index (χ4n) is 2.46. The fraction of sp³-hybridized carbons (Fsp3) is 0.500. The maximum atomic E-state index is 11.5. The molecule has 3 N–H and O–H groups in total. The Morgan fingerprint density at radius 3 is 2.65 bits per heavy atom. The predicted octanol–water partition coefficient (Wildman–Crippen LogP) is 0.196. The highest BCUT2D eigenvalue weighted by atomic mass is 16.5. The van der Waals surface area contributed by atoms with Crippen molar-refractivity contribution in [2.45, 2.75) is 13.0 Å². The molecule has 1 aliphatic rings. The Balaban J connectivity index is 1.95. The highest BCUT2D eigenvalue weighted by Crippen LogP contribution is 2.22. The number of ether oxygens (including phenoxy) is 1. The average Bonchev–Trinajstić information content (AvgIpc) is 2.53. The Labute approximate surface area is 119 Å². The third kappa shape index (κ3) is 3.20. The zero-order valence-corrected chi connectivity index (χ0v) is 12.0. The average molecular weight is 278 g/mol. The van der Waals surface area contributed by atoms with Crippen LogP contribution in [0.15, 0.2) is 24.3 Å². The number of nitrogens with two attached hydrogens (primary N) is 1. The number of rotatable bonds is 4. The highest BCUT2D eigenvalue weighted by molar-refractivity contribution is 5.80. The molecule has 0 saturated carbocycles. The van der Waals surface area contributed by atoms with Gasteiger partial charge in [0.25, 0.3) is 5.91 Å². The van der Waals surface area contributed by atoms with E-state index in [4.69, 9.17) is 10.6 Å². The second kappa shape index (κ2) is 6.58. The maximum Gasteiger partial charge on any atom is 0.250 e. The van der Waals surface area contributed by atoms with Gasteiger partial charge >= 0.3 is 0 Å². The van der Waals surface area contributed by atoms with Crippen LogP contribution >= 0.6 is 0 Å². The Morgan fingerprint density at radius 1 is 1.35 bits per heavy atom. The second-order valence-corrected chi connectivity index (χ2v) is 4.91. The van der Waals surface area contributed by atoms with Crippen LogP contribution in [0.3, 0.4) is 0 Å². The molecule has 0 aromatic heterocycles. The van der Waals surface area contributed by atoms with Crippen molar-refractivity contribution < 1.29 is 9.53 Å². The van der Waals surface area contributed by atoms with E-state index >= 15 is 0 Å². The van der Waals surface area contributed by atoms with Gasteiger partial charge < -0.3 is 9.64 Å². The molecule has 1 saturated heterocycles. The fourth-order valence-corrected chi connectivity index (χ4v) is 2.46. The molecule has 20 heavy (non-hydrogen) atoms. The van der Waals surface area contributed by atoms with Crippen LogP contribution in [0.25, 0.3) is 0 Å². The quantitative estimate of drug-likeness (QED) is 0.467. The minimum Gasteiger partial charge on any atom is -0.497 e. The molecule has 0 aliphatic carbocycles. The third-order valence-electron chi connectivity index (χ3n) is 3.80. The minimum atomic E-state index is -0.188. The molecule has 1 aromatic carbocycles. The van der Waals surface area contributed by atoms with E-state index in [1.54, 1.807) is 7.11 Å². The van der Waals surface area contributed by atoms with Crippen LogP contribution in [0.1, 0.15) is 6.92 Å². The van der Waals surface area contributed by atoms with Crippen LogP contribution < -0.4 is 20.9 Å². The lowest BCUT2D eigenvalue weighted by Crippen LogP contribution is -2.54. The number of nitrogens with zero attached hydrogens (tertiary/aromatic N) is 2. The summed E-state index contributed by atoms with van der Waals surface area (Å²) in [5, 5.41) is 0. The monoisotopic (exact) mass is 278 g/mol. The van der Waals surface area contributed by atoms with E-state index in [0.717, 1.165) is 37.6 Å². The lowest BCUT2D eigenvalue weighted by atomic mass is 10.2. The first-order valence-corrected chi connectivity index (χ1v) is 6.79. The third-order valence-corrected chi connectivity index (χ3v) is 3.80. The van der Waals surface area contributed by atoms with E-state index in [1.165, 1.54) is 0 Å². The summed E-state index contributed by atoms with van der Waals surface area (Å²) in [6.45, 7) is 5.33. The number of hydrazine groups is 1. The molecule has 1 amide bonds. The molecule has 6 heteroatoms. The number of benzene rings is 1. The number of amides is 1. The molecule has 2 rings (SSSR count). The van der Waals surface area contributed by atoms with Gasteiger partial charge in [-0.25, -0.2) is 5.84 Å². The summed E-state index contributed by atoms with van der Waals surface area (Å²) in [7, 11) is 1.67. The standard InChI is InChI=1S/C14H22N4O2/c1-11(14(19)16-15)17-6-8-18(9-7-17)12-4-3-5-13(10-12)20-2/h3-5,10-11H,6-9,15H2,1-2H3,(H,16,19). The number of methoxy groups -OCH3 is 1. The molecule has 1 fully saturated rings. The molecular formula is C14H22N4O2. The van der Waals surface area contributed by atoms with Gasteiger partial charge in [-0.3, -0.25) is 15.1 Å². The van der Waals surface area contributed by atoms with Crippen molar-refractivity contribution in [1.29, 1.82) is 0 Å². The zero-order valence-electron chi connectivity index (χ0n) is 12.0. The number of hydrogen-bond donors (Lipinski definition) is 2. The molecular weight excluding hydrogens is 256 g/mol. The molecule has 0 radical (unpaired) electrons. The van der Waals surface area contributed by atoms with Gasteiger partial charge in [0.2, 0.25) is 0 Å². The van der Waals surface area contributed by atoms with Crippen molar-refractivity contribution in [2.24, 2.45) is 5.84 Å². The van der Waals surface area contributed by atoms with Crippen LogP contribution in [-0.4, -0.2) is 50.1 Å². The molecule has 1 aromatic rings. The van der Waals surface area contributed by atoms with Crippen molar-refractivity contribution >= 4 is 11.6 Å². The Bertz CT molecular complexity index is 458. The van der Waals surface area contributed by atoms with Crippen LogP contribution in [0.2, 0.25) is 0 Å². The highest BCUT2D eigenvalue weighted by Gasteiger charge is 2.25. The van der Waals surface area contributed by atoms with E-state index in [9.17, 15) is 4.79 Å². The van der Waals surface area contributed by atoms with E-state index in [0.29, 0.717) is 0 Å². The van der Waals surface area contributed by atoms with Gasteiger partial charge in [-0.15, -0.1) is 0 Å². The topological polar surface area (TPSA) is 70.8 Å². The first-order valence-electron chi connectivity index (χ1n) is 6.79. The number of nitrogens with one attached hydrogen (secondary N) is 1. The second-order valence-electron chi connectivity index (χ2n) is 4.91. The first kappa shape index (κ1) is 14.6. The molecule has 110 valence electrons. The van der Waals surface area contributed by atoms with Crippen LogP contribution in [0.5, 0.6) is 5.75 Å². The molecule has 0 spiro atoms.